The molecular formula is C14H14N6O2S2. The van der Waals surface area contributed by atoms with Crippen LogP contribution in [0.25, 0.3) is 0 Å². The van der Waals surface area contributed by atoms with E-state index in [-0.39, 0.29) is 17.7 Å². The van der Waals surface area contributed by atoms with Gasteiger partial charge in [-0.25, -0.2) is 0 Å². The molecule has 0 unspecified atom stereocenters. The number of anilines is 3. The van der Waals surface area contributed by atoms with Crippen molar-refractivity contribution in [3.8, 4) is 0 Å². The maximum Gasteiger partial charge on any atom is 0.328 e. The van der Waals surface area contributed by atoms with E-state index in [0.29, 0.717) is 15.3 Å². The van der Waals surface area contributed by atoms with Crippen LogP contribution in [0.3, 0.4) is 0 Å². The second-order valence-electron chi connectivity index (χ2n) is 4.85. The molecule has 2 aromatic heterocycles. The average Bonchev–Trinajstić information content (AvgIpc) is 3.14. The third-order valence-corrected chi connectivity index (χ3v) is 4.75. The van der Waals surface area contributed by atoms with E-state index < -0.39 is 0 Å². The molecule has 0 aliphatic heterocycles. The molecule has 2 N–H and O–H groups in total. The number of aromatic nitrogens is 4. The fourth-order valence-corrected chi connectivity index (χ4v) is 3.37. The molecule has 3 aromatic rings. The summed E-state index contributed by atoms with van der Waals surface area (Å²) in [7, 11) is 0. The minimum Gasteiger partial charge on any atom is -0.330 e. The van der Waals surface area contributed by atoms with Gasteiger partial charge < -0.3 is 9.84 Å². The molecule has 10 heteroatoms. The standard InChI is InChI=1S/C14H14N6O2S2/c1-8-4-3-5-10(6-8)16-13-18-19-14(24-13)23-7-11(21)17-12-15-9(2)20-22-12/h3-6H,7H2,1-2H3,(H,16,18)(H,15,17,20,21). The van der Waals surface area contributed by atoms with Crippen molar-refractivity contribution in [2.75, 3.05) is 16.4 Å². The van der Waals surface area contributed by atoms with Gasteiger partial charge in [-0.1, -0.05) is 40.4 Å². The molecule has 3 rings (SSSR count). The molecule has 2 heterocycles. The number of benzene rings is 1. The first-order valence-electron chi connectivity index (χ1n) is 6.98. The van der Waals surface area contributed by atoms with E-state index in [1.807, 2.05) is 31.2 Å². The molecule has 124 valence electrons. The van der Waals surface area contributed by atoms with Gasteiger partial charge in [0.05, 0.1) is 5.75 Å². The molecule has 0 aliphatic rings. The first kappa shape index (κ1) is 16.4. The van der Waals surface area contributed by atoms with Gasteiger partial charge in [0.15, 0.2) is 10.2 Å². The minimum atomic E-state index is -0.243. The zero-order chi connectivity index (χ0) is 16.9. The fraction of sp³-hybridized carbons (Fsp3) is 0.214. The van der Waals surface area contributed by atoms with Crippen LogP contribution in [0, 0.1) is 13.8 Å². The molecule has 1 amide bonds. The normalized spacial score (nSPS) is 10.6. The van der Waals surface area contributed by atoms with Crippen LogP contribution >= 0.6 is 23.1 Å². The van der Waals surface area contributed by atoms with Gasteiger partial charge in [0.25, 0.3) is 0 Å². The number of carbonyl (C=O) groups excluding carboxylic acids is 1. The predicted molar refractivity (Wildman–Crippen MR) is 92.8 cm³/mol. The summed E-state index contributed by atoms with van der Waals surface area (Å²) in [6, 6.07) is 8.07. The lowest BCUT2D eigenvalue weighted by molar-refractivity contribution is -0.114. The molecular weight excluding hydrogens is 348 g/mol. The summed E-state index contributed by atoms with van der Waals surface area (Å²) >= 11 is 2.68. The van der Waals surface area contributed by atoms with Crippen molar-refractivity contribution < 1.29 is 9.32 Å². The highest BCUT2D eigenvalue weighted by Crippen LogP contribution is 2.27. The number of aryl methyl sites for hydroxylation is 2. The number of nitrogens with one attached hydrogen (secondary N) is 2. The van der Waals surface area contributed by atoms with E-state index in [4.69, 9.17) is 4.52 Å². The first-order chi connectivity index (χ1) is 11.6. The van der Waals surface area contributed by atoms with Crippen molar-refractivity contribution in [1.29, 1.82) is 0 Å². The summed E-state index contributed by atoms with van der Waals surface area (Å²) in [4.78, 5) is 15.7. The topological polar surface area (TPSA) is 106 Å². The van der Waals surface area contributed by atoms with Gasteiger partial charge in [-0.15, -0.1) is 10.2 Å². The van der Waals surface area contributed by atoms with Gasteiger partial charge in [0, 0.05) is 5.69 Å². The van der Waals surface area contributed by atoms with E-state index in [1.165, 1.54) is 23.1 Å². The zero-order valence-corrected chi connectivity index (χ0v) is 14.6. The summed E-state index contributed by atoms with van der Waals surface area (Å²) in [5.74, 6) is 0.404. The van der Waals surface area contributed by atoms with Gasteiger partial charge in [-0.2, -0.15) is 4.98 Å². The highest BCUT2D eigenvalue weighted by Gasteiger charge is 2.11. The van der Waals surface area contributed by atoms with Gasteiger partial charge in [-0.3, -0.25) is 10.1 Å². The van der Waals surface area contributed by atoms with Crippen molar-refractivity contribution in [2.24, 2.45) is 0 Å². The lowest BCUT2D eigenvalue weighted by Gasteiger charge is -2.01. The summed E-state index contributed by atoms with van der Waals surface area (Å²) < 4.78 is 5.53. The Morgan fingerprint density at radius 2 is 2.21 bits per heavy atom. The molecule has 0 bridgehead atoms. The highest BCUT2D eigenvalue weighted by molar-refractivity contribution is 8.01. The summed E-state index contributed by atoms with van der Waals surface area (Å²) in [5.41, 5.74) is 2.11. The quantitative estimate of drug-likeness (QED) is 0.645. The van der Waals surface area contributed by atoms with Crippen LogP contribution in [0.15, 0.2) is 33.1 Å². The second-order valence-corrected chi connectivity index (χ2v) is 7.05. The predicted octanol–water partition coefficient (Wildman–Crippen LogP) is 3.01. The molecule has 1 aromatic carbocycles. The van der Waals surface area contributed by atoms with Crippen LogP contribution in [0.5, 0.6) is 0 Å². The Morgan fingerprint density at radius 3 is 2.96 bits per heavy atom. The molecule has 0 radical (unpaired) electrons. The van der Waals surface area contributed by atoms with Crippen LogP contribution < -0.4 is 10.6 Å². The van der Waals surface area contributed by atoms with Crippen molar-refractivity contribution in [2.45, 2.75) is 18.2 Å². The number of nitrogens with zero attached hydrogens (tertiary/aromatic N) is 4. The summed E-state index contributed by atoms with van der Waals surface area (Å²) in [6.45, 7) is 3.70. The van der Waals surface area contributed by atoms with Crippen LogP contribution in [-0.2, 0) is 4.79 Å². The molecule has 0 fully saturated rings. The van der Waals surface area contributed by atoms with E-state index in [1.54, 1.807) is 6.92 Å². The monoisotopic (exact) mass is 362 g/mol. The zero-order valence-electron chi connectivity index (χ0n) is 12.9. The lowest BCUT2D eigenvalue weighted by atomic mass is 10.2. The molecule has 0 saturated carbocycles. The van der Waals surface area contributed by atoms with E-state index in [0.717, 1.165) is 11.3 Å². The SMILES string of the molecule is Cc1cccc(Nc2nnc(SCC(=O)Nc3nc(C)no3)s2)c1. The molecule has 8 nitrogen and oxygen atoms in total. The summed E-state index contributed by atoms with van der Waals surface area (Å²) in [5, 5.41) is 18.1. The number of carbonyl (C=O) groups is 1. The van der Waals surface area contributed by atoms with E-state index in [2.05, 4.69) is 31.0 Å². The number of thioether (sulfide) groups is 1. The van der Waals surface area contributed by atoms with Crippen molar-refractivity contribution in [1.82, 2.24) is 20.3 Å². The number of rotatable bonds is 6. The smallest absolute Gasteiger partial charge is 0.328 e. The maximum atomic E-state index is 11.8. The van der Waals surface area contributed by atoms with E-state index in [9.17, 15) is 4.79 Å². The molecule has 24 heavy (non-hydrogen) atoms. The van der Waals surface area contributed by atoms with Crippen LogP contribution in [-0.4, -0.2) is 32.0 Å². The van der Waals surface area contributed by atoms with Crippen LogP contribution in [0.4, 0.5) is 16.8 Å². The highest BCUT2D eigenvalue weighted by atomic mass is 32.2. The molecule has 0 saturated heterocycles. The van der Waals surface area contributed by atoms with Crippen molar-refractivity contribution in [3.63, 3.8) is 0 Å². The Kier molecular flexibility index (Phi) is 5.06. The largest absolute Gasteiger partial charge is 0.330 e. The molecule has 0 spiro atoms. The first-order valence-corrected chi connectivity index (χ1v) is 8.79. The minimum absolute atomic E-state index is 0.0946. The van der Waals surface area contributed by atoms with Gasteiger partial charge in [0.2, 0.25) is 11.0 Å². The average molecular weight is 362 g/mol. The Balaban J connectivity index is 1.51. The van der Waals surface area contributed by atoms with Crippen LogP contribution in [0.1, 0.15) is 11.4 Å². The third kappa shape index (κ3) is 4.52. The Morgan fingerprint density at radius 1 is 1.33 bits per heavy atom. The maximum absolute atomic E-state index is 11.8. The van der Waals surface area contributed by atoms with Crippen LogP contribution in [0.2, 0.25) is 0 Å². The Labute approximate surface area is 146 Å². The molecule has 0 atom stereocenters. The Hall–Kier alpha value is -2.46. The number of hydrogen-bond donors (Lipinski definition) is 2. The second kappa shape index (κ2) is 7.41. The van der Waals surface area contributed by atoms with Gasteiger partial charge in [0.1, 0.15) is 0 Å². The number of amides is 1. The molecule has 0 aliphatic carbocycles. The third-order valence-electron chi connectivity index (χ3n) is 2.78. The van der Waals surface area contributed by atoms with Crippen molar-refractivity contribution >= 4 is 45.8 Å². The van der Waals surface area contributed by atoms with E-state index >= 15 is 0 Å². The fourth-order valence-electron chi connectivity index (χ4n) is 1.80. The Bertz CT molecular complexity index is 847. The van der Waals surface area contributed by atoms with Crippen molar-refractivity contribution in [3.05, 3.63) is 35.7 Å². The number of hydrogen-bond acceptors (Lipinski definition) is 9. The summed E-state index contributed by atoms with van der Waals surface area (Å²) in [6.07, 6.45) is 0. The van der Waals surface area contributed by atoms with Gasteiger partial charge in [-0.05, 0) is 31.5 Å². The van der Waals surface area contributed by atoms with Gasteiger partial charge >= 0.3 is 6.01 Å². The lowest BCUT2D eigenvalue weighted by Crippen LogP contribution is -2.14.